The van der Waals surface area contributed by atoms with Gasteiger partial charge in [-0.3, -0.25) is 0 Å². The van der Waals surface area contributed by atoms with E-state index in [0.29, 0.717) is 5.69 Å². The zero-order valence-corrected chi connectivity index (χ0v) is 32.4. The first kappa shape index (κ1) is 31.6. The summed E-state index contributed by atoms with van der Waals surface area (Å²) in [6.07, 6.45) is 10.5. The van der Waals surface area contributed by atoms with E-state index in [4.69, 9.17) is 10.5 Å². The van der Waals surface area contributed by atoms with Crippen LogP contribution in [-0.2, 0) is 32.9 Å². The predicted octanol–water partition coefficient (Wildman–Crippen LogP) is 12.9. The molecule has 7 aromatic rings. The van der Waals surface area contributed by atoms with E-state index in [1.54, 1.807) is 12.1 Å². The Hall–Kier alpha value is -4.95. The smallest absolute Gasteiger partial charge is 0.0352 e. The molecule has 1 fully saturated rings. The summed E-state index contributed by atoms with van der Waals surface area (Å²) in [5.41, 5.74) is 15.3. The zero-order chi connectivity index (χ0) is 38.7. The predicted molar refractivity (Wildman–Crippen MR) is 216 cm³/mol. The number of hydrogen-bond donors (Lipinski definition) is 0. The fourth-order valence-electron chi connectivity index (χ4n) is 7.44. The Morgan fingerprint density at radius 1 is 0.623 bits per heavy atom. The first-order valence-corrected chi connectivity index (χ1v) is 18.4. The van der Waals surface area contributed by atoms with Crippen molar-refractivity contribution in [2.24, 2.45) is 0 Å². The van der Waals surface area contributed by atoms with E-state index in [1.807, 2.05) is 18.3 Å². The minimum Gasteiger partial charge on any atom is -0.305 e. The number of pyridine rings is 2. The summed E-state index contributed by atoms with van der Waals surface area (Å²) in [5, 5.41) is 0. The molecular formula is C50H44IrN2-2. The van der Waals surface area contributed by atoms with Gasteiger partial charge in [0.25, 0.3) is 0 Å². The molecule has 0 saturated heterocycles. The molecule has 2 aromatic heterocycles. The molecular weight excluding hydrogens is 821 g/mol. The van der Waals surface area contributed by atoms with Gasteiger partial charge in [-0.1, -0.05) is 127 Å². The van der Waals surface area contributed by atoms with Crippen molar-refractivity contribution in [1.29, 1.82) is 0 Å². The van der Waals surface area contributed by atoms with Gasteiger partial charge in [-0.15, -0.1) is 65.2 Å². The summed E-state index contributed by atoms with van der Waals surface area (Å²) >= 11 is 0. The Bertz CT molecular complexity index is 2430. The van der Waals surface area contributed by atoms with Crippen LogP contribution in [0.5, 0.6) is 0 Å². The van der Waals surface area contributed by atoms with Gasteiger partial charge in [0.2, 0.25) is 0 Å². The van der Waals surface area contributed by atoms with E-state index in [1.165, 1.54) is 40.4 Å². The molecule has 0 aliphatic heterocycles. The normalized spacial score (nSPS) is 15.0. The Morgan fingerprint density at radius 2 is 1.36 bits per heavy atom. The molecule has 5 aromatic carbocycles. The maximum atomic E-state index is 9.01. The number of aryl methyl sites for hydroxylation is 4. The second kappa shape index (κ2) is 16.8. The first-order chi connectivity index (χ1) is 27.1. The maximum absolute atomic E-state index is 9.01. The van der Waals surface area contributed by atoms with Crippen LogP contribution in [0.1, 0.15) is 71.3 Å². The number of hydrogen-bond acceptors (Lipinski definition) is 2. The number of rotatable bonds is 9. The molecule has 0 amide bonds. The first-order valence-electron chi connectivity index (χ1n) is 20.4. The molecule has 8 rings (SSSR count). The fourth-order valence-corrected chi connectivity index (χ4v) is 7.44. The third-order valence-electron chi connectivity index (χ3n) is 10.2. The van der Waals surface area contributed by atoms with Crippen LogP contribution in [0.15, 0.2) is 140 Å². The van der Waals surface area contributed by atoms with Crippen LogP contribution >= 0.6 is 0 Å². The minimum absolute atomic E-state index is 0. The van der Waals surface area contributed by atoms with Gasteiger partial charge in [-0.2, -0.15) is 0 Å². The summed E-state index contributed by atoms with van der Waals surface area (Å²) in [4.78, 5) is 9.07. The molecule has 53 heavy (non-hydrogen) atoms. The molecule has 265 valence electrons. The molecule has 2 nitrogen and oxygen atoms in total. The zero-order valence-electron chi connectivity index (χ0n) is 34.0. The van der Waals surface area contributed by atoms with E-state index >= 15 is 0 Å². The molecule has 0 unspecified atom stereocenters. The van der Waals surface area contributed by atoms with Crippen molar-refractivity contribution in [3.8, 4) is 55.9 Å². The van der Waals surface area contributed by atoms with E-state index in [2.05, 4.69) is 127 Å². The van der Waals surface area contributed by atoms with Crippen LogP contribution < -0.4 is 0 Å². The van der Waals surface area contributed by atoms with Gasteiger partial charge in [0, 0.05) is 38.0 Å². The van der Waals surface area contributed by atoms with Crippen LogP contribution in [0.4, 0.5) is 0 Å². The van der Waals surface area contributed by atoms with E-state index in [9.17, 15) is 0 Å². The number of aromatic nitrogens is 2. The number of benzene rings is 5. The van der Waals surface area contributed by atoms with Gasteiger partial charge >= 0.3 is 0 Å². The van der Waals surface area contributed by atoms with Gasteiger partial charge < -0.3 is 9.97 Å². The topological polar surface area (TPSA) is 25.8 Å². The molecule has 2 heterocycles. The van der Waals surface area contributed by atoms with Gasteiger partial charge in [-0.05, 0) is 95.3 Å². The molecule has 1 aliphatic rings. The van der Waals surface area contributed by atoms with Crippen molar-refractivity contribution >= 4 is 0 Å². The Labute approximate surface area is 334 Å². The monoisotopic (exact) mass is 869 g/mol. The summed E-state index contributed by atoms with van der Waals surface area (Å²) < 4.78 is 31.8. The van der Waals surface area contributed by atoms with Gasteiger partial charge in [0.15, 0.2) is 0 Å². The van der Waals surface area contributed by atoms with Gasteiger partial charge in [0.1, 0.15) is 0 Å². The fraction of sp³-hybridized carbons (Fsp3) is 0.200. The third kappa shape index (κ3) is 8.65. The van der Waals surface area contributed by atoms with Crippen molar-refractivity contribution in [1.82, 2.24) is 9.97 Å². The molecule has 0 N–H and O–H groups in total. The van der Waals surface area contributed by atoms with Crippen LogP contribution in [0.2, 0.25) is 0 Å². The SMILES string of the molecule is [2H]C([2H])([2H])c1ccc(-c2[c-]cc(CCc3cc(C)cc(-c4ccccc4-c4c[c-]c(-c5cc(-c6ccc(C7([2H])CCCCC7)cc6)ccn5)cc4)c3)cc2)nc1.[Ir]. The van der Waals surface area contributed by atoms with Crippen molar-refractivity contribution in [2.75, 3.05) is 0 Å². The Balaban J connectivity index is 0.00000496. The van der Waals surface area contributed by atoms with Gasteiger partial charge in [-0.25, -0.2) is 0 Å². The second-order valence-electron chi connectivity index (χ2n) is 14.0. The molecule has 0 atom stereocenters. The second-order valence-corrected chi connectivity index (χ2v) is 14.0. The maximum Gasteiger partial charge on any atom is 0.0352 e. The Morgan fingerprint density at radius 3 is 2.08 bits per heavy atom. The third-order valence-corrected chi connectivity index (χ3v) is 10.2. The van der Waals surface area contributed by atoms with Gasteiger partial charge in [0.05, 0.1) is 0 Å². The average molecular weight is 869 g/mol. The largest absolute Gasteiger partial charge is 0.305 e. The summed E-state index contributed by atoms with van der Waals surface area (Å²) in [6, 6.07) is 50.9. The van der Waals surface area contributed by atoms with Crippen LogP contribution in [-0.4, -0.2) is 9.97 Å². The standard InChI is InChI=1S/C50H44N2.Ir/c1-35-12-27-49(52-34-35)43-17-15-37(16-18-43)13-14-38-30-36(2)31-46(32-38)48-11-7-6-10-47(48)42-23-25-44(26-24-42)50-33-45(28-29-51-50)41-21-19-40(20-22-41)39-8-4-3-5-9-39;/h6-7,10-12,15-17,19-25,27-34,39H,3-5,8-9,13-14H2,1-2H3;/q-2;/i1D3,39D;. The van der Waals surface area contributed by atoms with Crippen molar-refractivity contribution in [3.63, 3.8) is 0 Å². The molecule has 0 bridgehead atoms. The van der Waals surface area contributed by atoms with Crippen molar-refractivity contribution in [3.05, 3.63) is 180 Å². The van der Waals surface area contributed by atoms with Crippen LogP contribution in [0.3, 0.4) is 0 Å². The summed E-state index contributed by atoms with van der Waals surface area (Å²) in [7, 11) is 0. The van der Waals surface area contributed by atoms with Crippen molar-refractivity contribution in [2.45, 2.75) is 64.6 Å². The van der Waals surface area contributed by atoms with Crippen molar-refractivity contribution < 1.29 is 25.6 Å². The summed E-state index contributed by atoms with van der Waals surface area (Å²) in [6.45, 7) is -0.00630. The van der Waals surface area contributed by atoms with Crippen LogP contribution in [0, 0.1) is 25.9 Å². The van der Waals surface area contributed by atoms with E-state index in [0.717, 1.165) is 83.2 Å². The quantitative estimate of drug-likeness (QED) is 0.135. The van der Waals surface area contributed by atoms with E-state index < -0.39 is 12.7 Å². The Kier molecular flexibility index (Phi) is 10.0. The van der Waals surface area contributed by atoms with Crippen LogP contribution in [0.25, 0.3) is 55.9 Å². The van der Waals surface area contributed by atoms with E-state index in [-0.39, 0.29) is 25.7 Å². The average Bonchev–Trinajstić information content (AvgIpc) is 3.23. The molecule has 1 saturated carbocycles. The molecule has 1 aliphatic carbocycles. The molecule has 3 heteroatoms. The minimum atomic E-state index is -2.16. The summed E-state index contributed by atoms with van der Waals surface area (Å²) in [5.74, 6) is -0.452. The molecule has 0 spiro atoms. The number of nitrogens with zero attached hydrogens (tertiary/aromatic N) is 2. The molecule has 1 radical (unpaired) electrons.